The zero-order chi connectivity index (χ0) is 9.52. The second-order valence-electron chi connectivity index (χ2n) is 3.26. The van der Waals surface area contributed by atoms with E-state index in [-0.39, 0.29) is 5.91 Å². The molecule has 0 aliphatic carbocycles. The van der Waals surface area contributed by atoms with Gasteiger partial charge in [-0.2, -0.15) is 0 Å². The monoisotopic (exact) mass is 186 g/mol. The average Bonchev–Trinajstić information content (AvgIpc) is 2.32. The van der Waals surface area contributed by atoms with Crippen LogP contribution in [0, 0.1) is 0 Å². The Labute approximate surface area is 79.2 Å². The van der Waals surface area contributed by atoms with E-state index in [2.05, 4.69) is 5.32 Å². The lowest BCUT2D eigenvalue weighted by Gasteiger charge is -2.19. The second-order valence-corrected chi connectivity index (χ2v) is 3.26. The number of amides is 1. The summed E-state index contributed by atoms with van der Waals surface area (Å²) in [7, 11) is 1.69. The molecule has 4 nitrogen and oxygen atoms in total. The van der Waals surface area contributed by atoms with Crippen molar-refractivity contribution < 1.29 is 9.53 Å². The zero-order valence-electron chi connectivity index (χ0n) is 8.21. The number of nitrogens with one attached hydrogen (secondary N) is 1. The first-order valence-electron chi connectivity index (χ1n) is 4.82. The summed E-state index contributed by atoms with van der Waals surface area (Å²) < 4.78 is 4.95. The Morgan fingerprint density at radius 1 is 1.62 bits per heavy atom. The lowest BCUT2D eigenvalue weighted by Crippen LogP contribution is -2.35. The largest absolute Gasteiger partial charge is 0.385 e. The average molecular weight is 186 g/mol. The van der Waals surface area contributed by atoms with Gasteiger partial charge in [0.1, 0.15) is 0 Å². The Bertz CT molecular complexity index is 162. The van der Waals surface area contributed by atoms with Crippen LogP contribution in [0.4, 0.5) is 0 Å². The van der Waals surface area contributed by atoms with E-state index in [1.807, 2.05) is 4.90 Å². The summed E-state index contributed by atoms with van der Waals surface area (Å²) in [4.78, 5) is 13.3. The zero-order valence-corrected chi connectivity index (χ0v) is 8.21. The van der Waals surface area contributed by atoms with Crippen molar-refractivity contribution in [1.29, 1.82) is 0 Å². The Balaban J connectivity index is 2.24. The van der Waals surface area contributed by atoms with E-state index in [1.54, 1.807) is 7.11 Å². The highest BCUT2D eigenvalue weighted by atomic mass is 16.5. The molecule has 0 aromatic heterocycles. The quantitative estimate of drug-likeness (QED) is 0.621. The molecule has 1 aliphatic rings. The highest BCUT2D eigenvalue weighted by Crippen LogP contribution is 1.98. The number of hydrogen-bond acceptors (Lipinski definition) is 3. The number of hydrogen-bond donors (Lipinski definition) is 1. The molecule has 1 amide bonds. The second kappa shape index (κ2) is 5.94. The van der Waals surface area contributed by atoms with E-state index in [0.29, 0.717) is 6.54 Å². The molecule has 1 saturated heterocycles. The maximum Gasteiger partial charge on any atom is 0.236 e. The maximum atomic E-state index is 11.4. The van der Waals surface area contributed by atoms with Gasteiger partial charge in [-0.25, -0.2) is 0 Å². The minimum absolute atomic E-state index is 0.216. The molecule has 0 saturated carbocycles. The van der Waals surface area contributed by atoms with Gasteiger partial charge in [0.25, 0.3) is 0 Å². The van der Waals surface area contributed by atoms with Crippen molar-refractivity contribution in [2.45, 2.75) is 12.8 Å². The van der Waals surface area contributed by atoms with Crippen LogP contribution in [-0.4, -0.2) is 50.7 Å². The number of nitrogens with zero attached hydrogens (tertiary/aromatic N) is 1. The summed E-state index contributed by atoms with van der Waals surface area (Å²) in [6.07, 6.45) is 1.99. The van der Waals surface area contributed by atoms with E-state index < -0.39 is 0 Å². The molecule has 76 valence electrons. The van der Waals surface area contributed by atoms with Crippen molar-refractivity contribution in [1.82, 2.24) is 10.2 Å². The number of carbonyl (C=O) groups is 1. The van der Waals surface area contributed by atoms with Gasteiger partial charge >= 0.3 is 0 Å². The standard InChI is InChI=1S/C9H18N2O2/c1-13-7-3-6-11-5-2-4-10-8-9(11)12/h10H,2-8H2,1H3. The lowest BCUT2D eigenvalue weighted by atomic mass is 10.3. The van der Waals surface area contributed by atoms with Crippen LogP contribution in [0.3, 0.4) is 0 Å². The van der Waals surface area contributed by atoms with Crippen molar-refractivity contribution in [3.63, 3.8) is 0 Å². The van der Waals surface area contributed by atoms with Gasteiger partial charge < -0.3 is 15.0 Å². The Kier molecular flexibility index (Phi) is 4.78. The van der Waals surface area contributed by atoms with E-state index in [0.717, 1.165) is 39.1 Å². The molecule has 4 heteroatoms. The smallest absolute Gasteiger partial charge is 0.236 e. The Morgan fingerprint density at radius 3 is 3.23 bits per heavy atom. The van der Waals surface area contributed by atoms with Crippen LogP contribution in [0.2, 0.25) is 0 Å². The third kappa shape index (κ3) is 3.74. The van der Waals surface area contributed by atoms with E-state index in [4.69, 9.17) is 4.74 Å². The molecule has 0 atom stereocenters. The van der Waals surface area contributed by atoms with Gasteiger partial charge in [-0.1, -0.05) is 0 Å². The normalized spacial score (nSPS) is 18.8. The van der Waals surface area contributed by atoms with Crippen LogP contribution >= 0.6 is 0 Å². The molecule has 0 spiro atoms. The third-order valence-corrected chi connectivity index (χ3v) is 2.19. The van der Waals surface area contributed by atoms with Gasteiger partial charge in [0.05, 0.1) is 6.54 Å². The van der Waals surface area contributed by atoms with Gasteiger partial charge in [-0.05, 0) is 19.4 Å². The number of rotatable bonds is 4. The van der Waals surface area contributed by atoms with Gasteiger partial charge in [0.2, 0.25) is 5.91 Å². The summed E-state index contributed by atoms with van der Waals surface area (Å²) in [5, 5.41) is 3.09. The van der Waals surface area contributed by atoms with E-state index in [9.17, 15) is 4.79 Å². The number of ether oxygens (including phenoxy) is 1. The summed E-state index contributed by atoms with van der Waals surface area (Å²) in [5.41, 5.74) is 0. The summed E-state index contributed by atoms with van der Waals surface area (Å²) in [5.74, 6) is 0.216. The summed E-state index contributed by atoms with van der Waals surface area (Å²) >= 11 is 0. The van der Waals surface area contributed by atoms with Gasteiger partial charge in [0.15, 0.2) is 0 Å². The lowest BCUT2D eigenvalue weighted by molar-refractivity contribution is -0.129. The maximum absolute atomic E-state index is 11.4. The van der Waals surface area contributed by atoms with Gasteiger partial charge in [-0.15, -0.1) is 0 Å². The molecule has 1 fully saturated rings. The predicted octanol–water partition coefficient (Wildman–Crippen LogP) is -0.155. The fourth-order valence-corrected chi connectivity index (χ4v) is 1.46. The molecule has 1 heterocycles. The Hall–Kier alpha value is -0.610. The minimum Gasteiger partial charge on any atom is -0.385 e. The highest BCUT2D eigenvalue weighted by molar-refractivity contribution is 5.78. The van der Waals surface area contributed by atoms with Crippen LogP contribution in [0.15, 0.2) is 0 Å². The molecule has 13 heavy (non-hydrogen) atoms. The third-order valence-electron chi connectivity index (χ3n) is 2.19. The van der Waals surface area contributed by atoms with Crippen LogP contribution < -0.4 is 5.32 Å². The van der Waals surface area contributed by atoms with Crippen LogP contribution in [0.1, 0.15) is 12.8 Å². The van der Waals surface area contributed by atoms with Crippen LogP contribution in [0.5, 0.6) is 0 Å². The first-order valence-corrected chi connectivity index (χ1v) is 4.82. The molecule has 1 rings (SSSR count). The molecule has 0 aromatic carbocycles. The first-order chi connectivity index (χ1) is 6.34. The van der Waals surface area contributed by atoms with Crippen molar-refractivity contribution in [2.24, 2.45) is 0 Å². The fraction of sp³-hybridized carbons (Fsp3) is 0.889. The molecule has 0 aromatic rings. The number of carbonyl (C=O) groups excluding carboxylic acids is 1. The first kappa shape index (κ1) is 10.5. The van der Waals surface area contributed by atoms with E-state index in [1.165, 1.54) is 0 Å². The highest BCUT2D eigenvalue weighted by Gasteiger charge is 2.14. The van der Waals surface area contributed by atoms with Gasteiger partial charge in [0, 0.05) is 26.8 Å². The summed E-state index contributed by atoms with van der Waals surface area (Å²) in [6, 6.07) is 0. The molecular weight excluding hydrogens is 168 g/mol. The molecule has 1 N–H and O–H groups in total. The van der Waals surface area contributed by atoms with Gasteiger partial charge in [-0.3, -0.25) is 4.79 Å². The minimum atomic E-state index is 0.216. The number of methoxy groups -OCH3 is 1. The van der Waals surface area contributed by atoms with Crippen LogP contribution in [0.25, 0.3) is 0 Å². The predicted molar refractivity (Wildman–Crippen MR) is 50.6 cm³/mol. The van der Waals surface area contributed by atoms with Crippen LogP contribution in [-0.2, 0) is 9.53 Å². The topological polar surface area (TPSA) is 41.6 Å². The fourth-order valence-electron chi connectivity index (χ4n) is 1.46. The molecule has 0 bridgehead atoms. The Morgan fingerprint density at radius 2 is 2.46 bits per heavy atom. The SMILES string of the molecule is COCCCN1CCCNCC1=O. The van der Waals surface area contributed by atoms with Crippen molar-refractivity contribution >= 4 is 5.91 Å². The molecule has 0 unspecified atom stereocenters. The molecule has 1 aliphatic heterocycles. The van der Waals surface area contributed by atoms with Crippen molar-refractivity contribution in [3.05, 3.63) is 0 Å². The van der Waals surface area contributed by atoms with Crippen molar-refractivity contribution in [3.8, 4) is 0 Å². The van der Waals surface area contributed by atoms with Crippen molar-refractivity contribution in [2.75, 3.05) is 39.9 Å². The van der Waals surface area contributed by atoms with E-state index >= 15 is 0 Å². The molecule has 0 radical (unpaired) electrons. The molecular formula is C9H18N2O2. The summed E-state index contributed by atoms with van der Waals surface area (Å²) in [6.45, 7) is 3.89.